The molecular formula is C14H14N4O5. The van der Waals surface area contributed by atoms with Gasteiger partial charge in [0.1, 0.15) is 11.7 Å². The highest BCUT2D eigenvalue weighted by Crippen LogP contribution is 2.20. The quantitative estimate of drug-likeness (QED) is 0.755. The number of likely N-dealkylation sites (tertiary alicyclic amines) is 1. The van der Waals surface area contributed by atoms with E-state index in [1.165, 1.54) is 28.8 Å². The molecule has 1 saturated heterocycles. The predicted octanol–water partition coefficient (Wildman–Crippen LogP) is -0.689. The first-order valence-electron chi connectivity index (χ1n) is 7.03. The number of hydrogen-bond acceptors (Lipinski definition) is 5. The molecule has 3 heterocycles. The number of carboxylic acids is 1. The van der Waals surface area contributed by atoms with Crippen LogP contribution in [-0.4, -0.2) is 49.0 Å². The van der Waals surface area contributed by atoms with Gasteiger partial charge in [0, 0.05) is 19.8 Å². The van der Waals surface area contributed by atoms with Gasteiger partial charge in [0.15, 0.2) is 0 Å². The van der Waals surface area contributed by atoms with E-state index in [0.29, 0.717) is 19.4 Å². The van der Waals surface area contributed by atoms with Gasteiger partial charge in [0.05, 0.1) is 10.9 Å². The maximum atomic E-state index is 12.5. The third-order valence-electron chi connectivity index (χ3n) is 4.00. The molecule has 0 saturated carbocycles. The van der Waals surface area contributed by atoms with Crippen LogP contribution in [0.2, 0.25) is 0 Å². The molecule has 23 heavy (non-hydrogen) atoms. The Balaban J connectivity index is 2.07. The molecule has 2 aromatic heterocycles. The third kappa shape index (κ3) is 2.39. The van der Waals surface area contributed by atoms with Gasteiger partial charge in [0.2, 0.25) is 0 Å². The smallest absolute Gasteiger partial charge is 0.329 e. The van der Waals surface area contributed by atoms with Gasteiger partial charge >= 0.3 is 11.7 Å². The zero-order valence-electron chi connectivity index (χ0n) is 12.3. The van der Waals surface area contributed by atoms with Crippen LogP contribution in [0.3, 0.4) is 0 Å². The number of hydrogen-bond donors (Lipinski definition) is 2. The van der Waals surface area contributed by atoms with E-state index in [2.05, 4.69) is 9.97 Å². The molecule has 1 atom stereocenters. The summed E-state index contributed by atoms with van der Waals surface area (Å²) in [5.74, 6) is -1.54. The number of amides is 1. The number of rotatable bonds is 2. The molecule has 1 aliphatic rings. The van der Waals surface area contributed by atoms with Crippen molar-refractivity contribution in [2.75, 3.05) is 6.54 Å². The van der Waals surface area contributed by atoms with Crippen molar-refractivity contribution >= 4 is 22.9 Å². The summed E-state index contributed by atoms with van der Waals surface area (Å²) in [5, 5.41) is 9.26. The van der Waals surface area contributed by atoms with E-state index >= 15 is 0 Å². The van der Waals surface area contributed by atoms with Crippen LogP contribution in [-0.2, 0) is 11.8 Å². The number of aromatic nitrogens is 3. The van der Waals surface area contributed by atoms with Crippen molar-refractivity contribution in [3.8, 4) is 0 Å². The Morgan fingerprint density at radius 1 is 1.39 bits per heavy atom. The van der Waals surface area contributed by atoms with Crippen molar-refractivity contribution in [1.82, 2.24) is 19.4 Å². The zero-order chi connectivity index (χ0) is 16.7. The third-order valence-corrected chi connectivity index (χ3v) is 4.00. The number of nitrogens with one attached hydrogen (secondary N) is 1. The van der Waals surface area contributed by atoms with Crippen molar-refractivity contribution in [3.63, 3.8) is 0 Å². The molecule has 0 aromatic carbocycles. The Labute approximate surface area is 129 Å². The van der Waals surface area contributed by atoms with Crippen molar-refractivity contribution < 1.29 is 14.7 Å². The first kappa shape index (κ1) is 14.9. The predicted molar refractivity (Wildman–Crippen MR) is 79.3 cm³/mol. The number of aromatic amines is 1. The second-order valence-electron chi connectivity index (χ2n) is 5.41. The first-order valence-corrected chi connectivity index (χ1v) is 7.03. The van der Waals surface area contributed by atoms with Crippen LogP contribution >= 0.6 is 0 Å². The highest BCUT2D eigenvalue weighted by Gasteiger charge is 2.34. The summed E-state index contributed by atoms with van der Waals surface area (Å²) in [6.45, 7) is 0.345. The van der Waals surface area contributed by atoms with Gasteiger partial charge in [-0.05, 0) is 18.9 Å². The summed E-state index contributed by atoms with van der Waals surface area (Å²) in [4.78, 5) is 54.5. The molecule has 9 heteroatoms. The number of nitrogens with zero attached hydrogens (tertiary/aromatic N) is 3. The fourth-order valence-corrected chi connectivity index (χ4v) is 2.79. The molecule has 9 nitrogen and oxygen atoms in total. The monoisotopic (exact) mass is 318 g/mol. The van der Waals surface area contributed by atoms with Gasteiger partial charge in [-0.15, -0.1) is 0 Å². The van der Waals surface area contributed by atoms with E-state index in [-0.39, 0.29) is 16.6 Å². The molecule has 2 aromatic rings. The SMILES string of the molecule is Cn1c(=O)[nH]c(=O)c2cc(C(=O)N3CCC[C@H]3C(=O)O)cnc21. The van der Waals surface area contributed by atoms with Gasteiger partial charge in [-0.3, -0.25) is 19.1 Å². The Morgan fingerprint density at radius 3 is 2.83 bits per heavy atom. The van der Waals surface area contributed by atoms with Gasteiger partial charge < -0.3 is 10.0 Å². The number of carbonyl (C=O) groups is 2. The van der Waals surface area contributed by atoms with Crippen LogP contribution in [0, 0.1) is 0 Å². The van der Waals surface area contributed by atoms with Gasteiger partial charge in [-0.2, -0.15) is 0 Å². The summed E-state index contributed by atoms with van der Waals surface area (Å²) in [6, 6.07) is 0.469. The number of carboxylic acid groups (broad SMARTS) is 1. The molecule has 1 amide bonds. The summed E-state index contributed by atoms with van der Waals surface area (Å²) in [7, 11) is 1.45. The van der Waals surface area contributed by atoms with Crippen molar-refractivity contribution in [1.29, 1.82) is 0 Å². The van der Waals surface area contributed by atoms with E-state index in [4.69, 9.17) is 5.11 Å². The minimum Gasteiger partial charge on any atom is -0.480 e. The highest BCUT2D eigenvalue weighted by atomic mass is 16.4. The topological polar surface area (TPSA) is 125 Å². The summed E-state index contributed by atoms with van der Waals surface area (Å²) >= 11 is 0. The molecule has 120 valence electrons. The molecule has 0 spiro atoms. The Bertz CT molecular complexity index is 929. The van der Waals surface area contributed by atoms with Gasteiger partial charge in [0.25, 0.3) is 11.5 Å². The van der Waals surface area contributed by atoms with Crippen LogP contribution in [0.5, 0.6) is 0 Å². The average Bonchev–Trinajstić information content (AvgIpc) is 3.01. The normalized spacial score (nSPS) is 17.6. The minimum atomic E-state index is -1.05. The molecule has 0 radical (unpaired) electrons. The van der Waals surface area contributed by atoms with Crippen molar-refractivity contribution in [2.24, 2.45) is 7.05 Å². The van der Waals surface area contributed by atoms with Crippen LogP contribution in [0.15, 0.2) is 21.9 Å². The van der Waals surface area contributed by atoms with Crippen LogP contribution < -0.4 is 11.2 Å². The molecule has 0 unspecified atom stereocenters. The van der Waals surface area contributed by atoms with Crippen molar-refractivity contribution in [3.05, 3.63) is 38.7 Å². The number of pyridine rings is 1. The molecule has 0 bridgehead atoms. The Kier molecular flexibility index (Phi) is 3.47. The van der Waals surface area contributed by atoms with E-state index in [1.807, 2.05) is 0 Å². The van der Waals surface area contributed by atoms with Gasteiger partial charge in [-0.1, -0.05) is 0 Å². The molecular weight excluding hydrogens is 304 g/mol. The number of H-pyrrole nitrogens is 1. The first-order chi connectivity index (χ1) is 10.9. The lowest BCUT2D eigenvalue weighted by Crippen LogP contribution is -2.40. The summed E-state index contributed by atoms with van der Waals surface area (Å²) in [6.07, 6.45) is 2.26. The van der Waals surface area contributed by atoms with E-state index in [1.54, 1.807) is 0 Å². The van der Waals surface area contributed by atoms with Crippen LogP contribution in [0.25, 0.3) is 11.0 Å². The molecule has 1 fully saturated rings. The second-order valence-corrected chi connectivity index (χ2v) is 5.41. The summed E-state index contributed by atoms with van der Waals surface area (Å²) < 4.78 is 1.17. The maximum absolute atomic E-state index is 12.5. The van der Waals surface area contributed by atoms with Crippen LogP contribution in [0.1, 0.15) is 23.2 Å². The largest absolute Gasteiger partial charge is 0.480 e. The molecule has 3 rings (SSSR count). The molecule has 0 aliphatic carbocycles. The van der Waals surface area contributed by atoms with Gasteiger partial charge in [-0.25, -0.2) is 14.6 Å². The van der Waals surface area contributed by atoms with Crippen molar-refractivity contribution in [2.45, 2.75) is 18.9 Å². The zero-order valence-corrected chi connectivity index (χ0v) is 12.3. The Morgan fingerprint density at radius 2 is 2.13 bits per heavy atom. The van der Waals surface area contributed by atoms with E-state index in [9.17, 15) is 19.2 Å². The lowest BCUT2D eigenvalue weighted by Gasteiger charge is -2.21. The summed E-state index contributed by atoms with van der Waals surface area (Å²) in [5.41, 5.74) is -0.956. The number of carbonyl (C=O) groups excluding carboxylic acids is 1. The highest BCUT2D eigenvalue weighted by molar-refractivity contribution is 5.98. The maximum Gasteiger partial charge on any atom is 0.329 e. The fourth-order valence-electron chi connectivity index (χ4n) is 2.79. The van der Waals surface area contributed by atoms with E-state index < -0.39 is 29.2 Å². The number of aliphatic carboxylic acids is 1. The minimum absolute atomic E-state index is 0.101. The average molecular weight is 318 g/mol. The fraction of sp³-hybridized carbons (Fsp3) is 0.357. The lowest BCUT2D eigenvalue weighted by atomic mass is 10.2. The lowest BCUT2D eigenvalue weighted by molar-refractivity contribution is -0.141. The standard InChI is InChI=1S/C14H14N4O5/c1-17-10-8(11(19)16-14(17)23)5-7(6-15-10)12(20)18-4-2-3-9(18)13(21)22/h5-6,9H,2-4H2,1H3,(H,21,22)(H,16,19,23)/t9-/m0/s1. The van der Waals surface area contributed by atoms with Crippen LogP contribution in [0.4, 0.5) is 0 Å². The molecule has 1 aliphatic heterocycles. The second kappa shape index (κ2) is 5.34. The number of fused-ring (bicyclic) bond motifs is 1. The number of aryl methyl sites for hydroxylation is 1. The Hall–Kier alpha value is -2.97. The van der Waals surface area contributed by atoms with E-state index in [0.717, 1.165) is 0 Å². The molecule has 2 N–H and O–H groups in total.